The molecule has 3 nitrogen and oxygen atoms in total. The van der Waals surface area contributed by atoms with Gasteiger partial charge in [-0.25, -0.2) is 9.37 Å². The highest BCUT2D eigenvalue weighted by atomic mass is 32.1. The molecule has 0 aliphatic carbocycles. The molecule has 0 radical (unpaired) electrons. The van der Waals surface area contributed by atoms with Gasteiger partial charge >= 0.3 is 0 Å². The lowest BCUT2D eigenvalue weighted by Crippen LogP contribution is -2.17. The minimum absolute atomic E-state index is 0.102. The second kappa shape index (κ2) is 5.46. The molecule has 5 heteroatoms. The van der Waals surface area contributed by atoms with Gasteiger partial charge < -0.3 is 10.6 Å². The first kappa shape index (κ1) is 13.0. The van der Waals surface area contributed by atoms with Gasteiger partial charge in [-0.05, 0) is 26.0 Å². The number of nitrogens with zero attached hydrogens (tertiary/aromatic N) is 2. The van der Waals surface area contributed by atoms with Crippen molar-refractivity contribution >= 4 is 22.2 Å². The first-order valence-corrected chi connectivity index (χ1v) is 6.74. The van der Waals surface area contributed by atoms with E-state index in [4.69, 9.17) is 5.73 Å². The number of anilines is 2. The highest BCUT2D eigenvalue weighted by Crippen LogP contribution is 2.31. The van der Waals surface area contributed by atoms with Crippen molar-refractivity contribution < 1.29 is 4.39 Å². The van der Waals surface area contributed by atoms with Crippen LogP contribution < -0.4 is 10.6 Å². The number of benzene rings is 1. The first-order chi connectivity index (χ1) is 8.63. The molecule has 1 aromatic heterocycles. The summed E-state index contributed by atoms with van der Waals surface area (Å²) < 4.78 is 13.8. The van der Waals surface area contributed by atoms with E-state index >= 15 is 0 Å². The SMILES string of the molecule is CCN(c1nc(C(C)N)cs1)c1ccccc1F. The van der Waals surface area contributed by atoms with Gasteiger partial charge in [0.2, 0.25) is 0 Å². The molecular weight excluding hydrogens is 249 g/mol. The summed E-state index contributed by atoms with van der Waals surface area (Å²) in [7, 11) is 0. The highest BCUT2D eigenvalue weighted by molar-refractivity contribution is 7.13. The van der Waals surface area contributed by atoms with Crippen LogP contribution in [0.5, 0.6) is 0 Å². The van der Waals surface area contributed by atoms with Crippen LogP contribution in [0.2, 0.25) is 0 Å². The minimum Gasteiger partial charge on any atom is -0.323 e. The predicted molar refractivity (Wildman–Crippen MR) is 73.8 cm³/mol. The van der Waals surface area contributed by atoms with Crippen molar-refractivity contribution in [1.82, 2.24) is 4.98 Å². The maximum Gasteiger partial charge on any atom is 0.190 e. The quantitative estimate of drug-likeness (QED) is 0.920. The Kier molecular flexibility index (Phi) is 3.93. The van der Waals surface area contributed by atoms with Gasteiger partial charge in [-0.15, -0.1) is 11.3 Å². The Morgan fingerprint density at radius 1 is 1.44 bits per heavy atom. The molecule has 1 aromatic carbocycles. The third kappa shape index (κ3) is 2.52. The molecule has 1 heterocycles. The van der Waals surface area contributed by atoms with Gasteiger partial charge in [-0.2, -0.15) is 0 Å². The van der Waals surface area contributed by atoms with Gasteiger partial charge in [0, 0.05) is 18.0 Å². The lowest BCUT2D eigenvalue weighted by Gasteiger charge is -2.20. The summed E-state index contributed by atoms with van der Waals surface area (Å²) in [4.78, 5) is 6.30. The van der Waals surface area contributed by atoms with Gasteiger partial charge in [-0.1, -0.05) is 12.1 Å². The molecule has 1 unspecified atom stereocenters. The van der Waals surface area contributed by atoms with E-state index in [1.54, 1.807) is 12.1 Å². The Labute approximate surface area is 110 Å². The molecule has 0 aliphatic rings. The van der Waals surface area contributed by atoms with Crippen molar-refractivity contribution in [3.63, 3.8) is 0 Å². The largest absolute Gasteiger partial charge is 0.323 e. The smallest absolute Gasteiger partial charge is 0.190 e. The van der Waals surface area contributed by atoms with Crippen molar-refractivity contribution in [2.75, 3.05) is 11.4 Å². The summed E-state index contributed by atoms with van der Waals surface area (Å²) >= 11 is 1.48. The van der Waals surface area contributed by atoms with E-state index in [9.17, 15) is 4.39 Å². The molecule has 1 atom stereocenters. The summed E-state index contributed by atoms with van der Waals surface area (Å²) in [6.07, 6.45) is 0. The van der Waals surface area contributed by atoms with Crippen LogP contribution in [-0.4, -0.2) is 11.5 Å². The molecule has 2 aromatic rings. The van der Waals surface area contributed by atoms with Gasteiger partial charge in [0.1, 0.15) is 5.82 Å². The molecule has 18 heavy (non-hydrogen) atoms. The molecule has 0 bridgehead atoms. The standard InChI is InChI=1S/C13H16FN3S/c1-3-17(12-7-5-4-6-10(12)14)13-16-11(8-18-13)9(2)15/h4-9H,3,15H2,1-2H3. The average Bonchev–Trinajstić information content (AvgIpc) is 2.82. The van der Waals surface area contributed by atoms with Crippen LogP contribution in [0.1, 0.15) is 25.6 Å². The molecule has 96 valence electrons. The highest BCUT2D eigenvalue weighted by Gasteiger charge is 2.15. The fourth-order valence-electron chi connectivity index (χ4n) is 1.69. The summed E-state index contributed by atoms with van der Waals surface area (Å²) in [6, 6.07) is 6.61. The zero-order valence-electron chi connectivity index (χ0n) is 10.4. The molecule has 0 amide bonds. The fraction of sp³-hybridized carbons (Fsp3) is 0.308. The van der Waals surface area contributed by atoms with E-state index < -0.39 is 0 Å². The fourth-order valence-corrected chi connectivity index (χ4v) is 2.69. The summed E-state index contributed by atoms with van der Waals surface area (Å²) in [6.45, 7) is 4.52. The van der Waals surface area contributed by atoms with Gasteiger partial charge in [-0.3, -0.25) is 0 Å². The van der Waals surface area contributed by atoms with E-state index in [0.717, 1.165) is 10.8 Å². The van der Waals surface area contributed by atoms with Gasteiger partial charge in [0.05, 0.1) is 11.4 Å². The number of thiazole rings is 1. The maximum absolute atomic E-state index is 13.8. The Hall–Kier alpha value is -1.46. The van der Waals surface area contributed by atoms with Crippen molar-refractivity contribution in [2.45, 2.75) is 19.9 Å². The number of aromatic nitrogens is 1. The Morgan fingerprint density at radius 3 is 2.72 bits per heavy atom. The number of rotatable bonds is 4. The van der Waals surface area contributed by atoms with E-state index in [0.29, 0.717) is 12.2 Å². The van der Waals surface area contributed by atoms with Crippen molar-refractivity contribution in [2.24, 2.45) is 5.73 Å². The number of hydrogen-bond acceptors (Lipinski definition) is 4. The Balaban J connectivity index is 2.36. The lowest BCUT2D eigenvalue weighted by molar-refractivity contribution is 0.625. The Morgan fingerprint density at radius 2 is 2.17 bits per heavy atom. The molecule has 0 saturated carbocycles. The zero-order chi connectivity index (χ0) is 13.1. The second-order valence-electron chi connectivity index (χ2n) is 4.04. The summed E-state index contributed by atoms with van der Waals surface area (Å²) in [5.41, 5.74) is 7.17. The molecule has 2 N–H and O–H groups in total. The third-order valence-electron chi connectivity index (χ3n) is 2.67. The first-order valence-electron chi connectivity index (χ1n) is 5.86. The average molecular weight is 265 g/mol. The Bertz CT molecular complexity index is 524. The van der Waals surface area contributed by atoms with Crippen LogP contribution in [0, 0.1) is 5.82 Å². The molecule has 0 spiro atoms. The number of halogens is 1. The van der Waals surface area contributed by atoms with Crippen LogP contribution in [-0.2, 0) is 0 Å². The van der Waals surface area contributed by atoms with E-state index in [1.807, 2.05) is 30.2 Å². The van der Waals surface area contributed by atoms with Crippen LogP contribution >= 0.6 is 11.3 Å². The zero-order valence-corrected chi connectivity index (χ0v) is 11.2. The molecule has 0 saturated heterocycles. The van der Waals surface area contributed by atoms with E-state index in [1.165, 1.54) is 17.4 Å². The monoisotopic (exact) mass is 265 g/mol. The molecule has 2 rings (SSSR count). The van der Waals surface area contributed by atoms with Crippen LogP contribution in [0.25, 0.3) is 0 Å². The molecular formula is C13H16FN3S. The number of hydrogen-bond donors (Lipinski definition) is 1. The maximum atomic E-state index is 13.8. The molecule has 0 aliphatic heterocycles. The number of nitrogens with two attached hydrogens (primary N) is 1. The van der Waals surface area contributed by atoms with Crippen molar-refractivity contribution in [1.29, 1.82) is 0 Å². The number of para-hydroxylation sites is 1. The van der Waals surface area contributed by atoms with E-state index in [2.05, 4.69) is 4.98 Å². The van der Waals surface area contributed by atoms with Gasteiger partial charge in [0.25, 0.3) is 0 Å². The predicted octanol–water partition coefficient (Wildman–Crippen LogP) is 3.46. The summed E-state index contributed by atoms with van der Waals surface area (Å²) in [5.74, 6) is -0.239. The van der Waals surface area contributed by atoms with Crippen LogP contribution in [0.4, 0.5) is 15.2 Å². The van der Waals surface area contributed by atoms with Crippen molar-refractivity contribution in [3.05, 3.63) is 41.2 Å². The van der Waals surface area contributed by atoms with Crippen molar-refractivity contribution in [3.8, 4) is 0 Å². The topological polar surface area (TPSA) is 42.2 Å². The normalized spacial score (nSPS) is 12.4. The minimum atomic E-state index is -0.239. The third-order valence-corrected chi connectivity index (χ3v) is 3.55. The van der Waals surface area contributed by atoms with E-state index in [-0.39, 0.29) is 11.9 Å². The van der Waals surface area contributed by atoms with Crippen LogP contribution in [0.3, 0.4) is 0 Å². The van der Waals surface area contributed by atoms with Crippen LogP contribution in [0.15, 0.2) is 29.6 Å². The lowest BCUT2D eigenvalue weighted by atomic mass is 10.3. The van der Waals surface area contributed by atoms with Gasteiger partial charge in [0.15, 0.2) is 5.13 Å². The second-order valence-corrected chi connectivity index (χ2v) is 4.88. The summed E-state index contributed by atoms with van der Waals surface area (Å²) in [5, 5.41) is 2.69. The molecule has 0 fully saturated rings.